The van der Waals surface area contributed by atoms with Gasteiger partial charge in [-0.25, -0.2) is 0 Å². The molecule has 0 spiro atoms. The summed E-state index contributed by atoms with van der Waals surface area (Å²) in [5.41, 5.74) is 1.99. The first-order valence-electron chi connectivity index (χ1n) is 6.87. The van der Waals surface area contributed by atoms with Crippen LogP contribution < -0.4 is 4.74 Å². The molecule has 0 aromatic heterocycles. The maximum absolute atomic E-state index is 11.0. The predicted octanol–water partition coefficient (Wildman–Crippen LogP) is 3.44. The molecule has 0 saturated carbocycles. The number of likely N-dealkylation sites (tertiary alicyclic amines) is 1. The average Bonchev–Trinajstić information content (AvgIpc) is 2.87. The molecule has 1 atom stereocenters. The molecule has 1 aromatic rings. The molecule has 0 bridgehead atoms. The molecule has 1 saturated heterocycles. The highest BCUT2D eigenvalue weighted by atomic mass is 16.5. The third-order valence-corrected chi connectivity index (χ3v) is 3.86. The molecule has 1 fully saturated rings. The molecular formula is C16H23NO2. The van der Waals surface area contributed by atoms with Crippen molar-refractivity contribution in [2.24, 2.45) is 0 Å². The number of aldehydes is 1. The fourth-order valence-electron chi connectivity index (χ4n) is 2.98. The summed E-state index contributed by atoms with van der Waals surface area (Å²) in [6, 6.07) is 6.03. The summed E-state index contributed by atoms with van der Waals surface area (Å²) in [4.78, 5) is 13.5. The van der Waals surface area contributed by atoms with E-state index in [0.29, 0.717) is 6.04 Å². The Labute approximate surface area is 115 Å². The summed E-state index contributed by atoms with van der Waals surface area (Å²) < 4.78 is 5.48. The lowest BCUT2D eigenvalue weighted by molar-refractivity contribution is 0.112. The first-order valence-corrected chi connectivity index (χ1v) is 6.87. The topological polar surface area (TPSA) is 29.5 Å². The lowest BCUT2D eigenvalue weighted by atomic mass is 9.97. The molecular weight excluding hydrogens is 238 g/mol. The van der Waals surface area contributed by atoms with Gasteiger partial charge in [0.1, 0.15) is 12.0 Å². The van der Waals surface area contributed by atoms with E-state index in [9.17, 15) is 4.79 Å². The summed E-state index contributed by atoms with van der Waals surface area (Å²) in [7, 11) is 1.69. The van der Waals surface area contributed by atoms with E-state index in [0.717, 1.165) is 36.1 Å². The minimum atomic E-state index is 0.128. The number of methoxy groups -OCH3 is 1. The van der Waals surface area contributed by atoms with Crippen molar-refractivity contribution in [3.63, 3.8) is 0 Å². The molecule has 1 aromatic carbocycles. The third kappa shape index (κ3) is 2.81. The van der Waals surface area contributed by atoms with Gasteiger partial charge < -0.3 is 4.74 Å². The monoisotopic (exact) mass is 261 g/mol. The Morgan fingerprint density at radius 3 is 2.68 bits per heavy atom. The molecule has 3 heteroatoms. The van der Waals surface area contributed by atoms with E-state index >= 15 is 0 Å². The predicted molar refractivity (Wildman–Crippen MR) is 76.8 cm³/mol. The van der Waals surface area contributed by atoms with Gasteiger partial charge in [-0.15, -0.1) is 0 Å². The van der Waals surface area contributed by atoms with E-state index in [4.69, 9.17) is 4.74 Å². The molecule has 19 heavy (non-hydrogen) atoms. The normalized spacial score (nSPS) is 20.5. The van der Waals surface area contributed by atoms with Crippen LogP contribution in [0.3, 0.4) is 0 Å². The van der Waals surface area contributed by atoms with E-state index in [1.54, 1.807) is 7.11 Å². The number of carbonyl (C=O) groups excluding carboxylic acids is 1. The largest absolute Gasteiger partial charge is 0.496 e. The molecule has 104 valence electrons. The average molecular weight is 261 g/mol. The quantitative estimate of drug-likeness (QED) is 0.781. The molecule has 1 unspecified atom stereocenters. The van der Waals surface area contributed by atoms with Crippen LogP contribution in [0.15, 0.2) is 18.2 Å². The Morgan fingerprint density at radius 2 is 2.11 bits per heavy atom. The first-order chi connectivity index (χ1) is 8.97. The van der Waals surface area contributed by atoms with Crippen LogP contribution in [-0.2, 0) is 0 Å². The Morgan fingerprint density at radius 1 is 1.37 bits per heavy atom. The van der Waals surface area contributed by atoms with Gasteiger partial charge in [0.2, 0.25) is 0 Å². The van der Waals surface area contributed by atoms with Gasteiger partial charge in [-0.1, -0.05) is 0 Å². The van der Waals surface area contributed by atoms with Crippen LogP contribution in [0.2, 0.25) is 0 Å². The van der Waals surface area contributed by atoms with Gasteiger partial charge in [0, 0.05) is 22.7 Å². The van der Waals surface area contributed by atoms with Crippen molar-refractivity contribution < 1.29 is 9.53 Å². The lowest BCUT2D eigenvalue weighted by Crippen LogP contribution is -2.40. The van der Waals surface area contributed by atoms with E-state index < -0.39 is 0 Å². The van der Waals surface area contributed by atoms with Crippen LogP contribution in [0.5, 0.6) is 5.75 Å². The number of rotatable bonds is 3. The molecule has 0 aliphatic carbocycles. The van der Waals surface area contributed by atoms with Gasteiger partial charge in [-0.3, -0.25) is 9.69 Å². The van der Waals surface area contributed by atoms with E-state index in [2.05, 4.69) is 25.7 Å². The summed E-state index contributed by atoms with van der Waals surface area (Å²) >= 11 is 0. The highest BCUT2D eigenvalue weighted by Gasteiger charge is 2.35. The fraction of sp³-hybridized carbons (Fsp3) is 0.562. The van der Waals surface area contributed by atoms with Gasteiger partial charge in [0.05, 0.1) is 7.11 Å². The Hall–Kier alpha value is -1.35. The smallest absolute Gasteiger partial charge is 0.150 e. The Balaban J connectivity index is 2.42. The second-order valence-electron chi connectivity index (χ2n) is 6.14. The van der Waals surface area contributed by atoms with Crippen molar-refractivity contribution in [2.45, 2.75) is 45.2 Å². The van der Waals surface area contributed by atoms with Crippen molar-refractivity contribution in [3.05, 3.63) is 29.3 Å². The fourth-order valence-corrected chi connectivity index (χ4v) is 2.98. The summed E-state index contributed by atoms with van der Waals surface area (Å²) in [5.74, 6) is 0.881. The van der Waals surface area contributed by atoms with Crippen LogP contribution >= 0.6 is 0 Å². The molecule has 0 radical (unpaired) electrons. The second kappa shape index (κ2) is 5.33. The van der Waals surface area contributed by atoms with Gasteiger partial charge in [0.25, 0.3) is 0 Å². The maximum Gasteiger partial charge on any atom is 0.150 e. The number of hydrogen-bond acceptors (Lipinski definition) is 3. The summed E-state index contributed by atoms with van der Waals surface area (Å²) in [6.45, 7) is 7.81. The van der Waals surface area contributed by atoms with Crippen molar-refractivity contribution in [2.75, 3.05) is 13.7 Å². The first kappa shape index (κ1) is 14.1. The van der Waals surface area contributed by atoms with Crippen molar-refractivity contribution >= 4 is 6.29 Å². The van der Waals surface area contributed by atoms with Crippen molar-refractivity contribution in [1.29, 1.82) is 0 Å². The van der Waals surface area contributed by atoms with Gasteiger partial charge in [-0.2, -0.15) is 0 Å². The van der Waals surface area contributed by atoms with E-state index in [1.807, 2.05) is 18.2 Å². The Kier molecular flexibility index (Phi) is 3.95. The van der Waals surface area contributed by atoms with Gasteiger partial charge >= 0.3 is 0 Å². The minimum Gasteiger partial charge on any atom is -0.496 e. The SMILES string of the molecule is COc1ccc(C=O)cc1C1CCCN1C(C)(C)C. The summed E-state index contributed by atoms with van der Waals surface area (Å²) in [5, 5.41) is 0. The van der Waals surface area contributed by atoms with Gasteiger partial charge in [0.15, 0.2) is 0 Å². The van der Waals surface area contributed by atoms with E-state index in [1.165, 1.54) is 6.42 Å². The van der Waals surface area contributed by atoms with Gasteiger partial charge in [-0.05, 0) is 58.4 Å². The van der Waals surface area contributed by atoms with Crippen LogP contribution in [0.4, 0.5) is 0 Å². The highest BCUT2D eigenvalue weighted by Crippen LogP contribution is 2.41. The maximum atomic E-state index is 11.0. The molecule has 1 aliphatic heterocycles. The van der Waals surface area contributed by atoms with Crippen molar-refractivity contribution in [1.82, 2.24) is 4.90 Å². The number of carbonyl (C=O) groups is 1. The van der Waals surface area contributed by atoms with Crippen LogP contribution in [0.25, 0.3) is 0 Å². The second-order valence-corrected chi connectivity index (χ2v) is 6.14. The minimum absolute atomic E-state index is 0.128. The summed E-state index contributed by atoms with van der Waals surface area (Å²) in [6.07, 6.45) is 3.21. The van der Waals surface area contributed by atoms with Crippen molar-refractivity contribution in [3.8, 4) is 5.75 Å². The van der Waals surface area contributed by atoms with Crippen LogP contribution in [0.1, 0.15) is 55.6 Å². The number of hydrogen-bond donors (Lipinski definition) is 0. The number of nitrogens with zero attached hydrogens (tertiary/aromatic N) is 1. The Bertz CT molecular complexity index is 462. The molecule has 0 amide bonds. The number of ether oxygens (including phenoxy) is 1. The van der Waals surface area contributed by atoms with Crippen LogP contribution in [-0.4, -0.2) is 30.4 Å². The molecule has 0 N–H and O–H groups in total. The molecule has 1 aliphatic rings. The zero-order valence-corrected chi connectivity index (χ0v) is 12.3. The molecule has 3 nitrogen and oxygen atoms in total. The highest BCUT2D eigenvalue weighted by molar-refractivity contribution is 5.75. The lowest BCUT2D eigenvalue weighted by Gasteiger charge is -2.37. The standard InChI is InChI=1S/C16H23NO2/c1-16(2,3)17-9-5-6-14(17)13-10-12(11-18)7-8-15(13)19-4/h7-8,10-11,14H,5-6,9H2,1-4H3. The van der Waals surface area contributed by atoms with E-state index in [-0.39, 0.29) is 5.54 Å². The third-order valence-electron chi connectivity index (χ3n) is 3.86. The molecule has 1 heterocycles. The number of benzene rings is 1. The zero-order valence-electron chi connectivity index (χ0n) is 12.3. The zero-order chi connectivity index (χ0) is 14.0. The van der Waals surface area contributed by atoms with Crippen LogP contribution in [0, 0.1) is 0 Å². The molecule has 2 rings (SSSR count).